The van der Waals surface area contributed by atoms with Gasteiger partial charge in [-0.15, -0.1) is 0 Å². The van der Waals surface area contributed by atoms with E-state index in [0.717, 1.165) is 16.5 Å². The zero-order valence-electron chi connectivity index (χ0n) is 10.1. The van der Waals surface area contributed by atoms with Crippen LogP contribution in [0.25, 0.3) is 10.9 Å². The number of amides is 1. The van der Waals surface area contributed by atoms with Gasteiger partial charge in [-0.3, -0.25) is 14.9 Å². The van der Waals surface area contributed by atoms with Gasteiger partial charge in [0.2, 0.25) is 0 Å². The molecule has 0 bridgehead atoms. The predicted octanol–water partition coefficient (Wildman–Crippen LogP) is 1.89. The first-order valence-electron chi connectivity index (χ1n) is 5.95. The van der Waals surface area contributed by atoms with E-state index >= 15 is 0 Å². The van der Waals surface area contributed by atoms with Crippen molar-refractivity contribution >= 4 is 16.8 Å². The number of hydrogen-bond donors (Lipinski definition) is 2. The first-order chi connectivity index (χ1) is 9.34. The molecule has 0 spiro atoms. The number of fused-ring (bicyclic) bond motifs is 1. The third-order valence-corrected chi connectivity index (χ3v) is 2.88. The minimum Gasteiger partial charge on any atom is -0.347 e. The molecular formula is C14H12N4O. The van der Waals surface area contributed by atoms with Gasteiger partial charge in [0.1, 0.15) is 0 Å². The van der Waals surface area contributed by atoms with E-state index in [1.54, 1.807) is 18.5 Å². The average Bonchev–Trinajstić information content (AvgIpc) is 2.90. The summed E-state index contributed by atoms with van der Waals surface area (Å²) in [5.74, 6) is -0.205. The first-order valence-corrected chi connectivity index (χ1v) is 5.95. The minimum atomic E-state index is -0.205. The van der Waals surface area contributed by atoms with Crippen molar-refractivity contribution in [2.24, 2.45) is 0 Å². The molecule has 2 aromatic heterocycles. The number of benzene rings is 1. The van der Waals surface area contributed by atoms with Crippen LogP contribution < -0.4 is 5.32 Å². The summed E-state index contributed by atoms with van der Waals surface area (Å²) in [6.45, 7) is 0.480. The molecular weight excluding hydrogens is 240 g/mol. The molecule has 0 saturated heterocycles. The van der Waals surface area contributed by atoms with Crippen LogP contribution in [-0.2, 0) is 6.54 Å². The summed E-state index contributed by atoms with van der Waals surface area (Å²) in [6.07, 6.45) is 3.29. The van der Waals surface area contributed by atoms with Gasteiger partial charge in [0, 0.05) is 18.9 Å². The summed E-state index contributed by atoms with van der Waals surface area (Å²) in [4.78, 5) is 16.1. The van der Waals surface area contributed by atoms with Crippen LogP contribution in [0, 0.1) is 0 Å². The molecule has 1 aromatic carbocycles. The van der Waals surface area contributed by atoms with Crippen molar-refractivity contribution in [3.05, 3.63) is 60.0 Å². The number of rotatable bonds is 3. The first kappa shape index (κ1) is 11.4. The number of pyridine rings is 1. The van der Waals surface area contributed by atoms with E-state index in [1.165, 1.54) is 0 Å². The topological polar surface area (TPSA) is 70.7 Å². The quantitative estimate of drug-likeness (QED) is 0.747. The molecule has 94 valence electrons. The second kappa shape index (κ2) is 4.89. The van der Waals surface area contributed by atoms with Crippen molar-refractivity contribution in [3.8, 4) is 0 Å². The van der Waals surface area contributed by atoms with Crippen molar-refractivity contribution < 1.29 is 4.79 Å². The van der Waals surface area contributed by atoms with Crippen LogP contribution in [0.15, 0.2) is 48.8 Å². The second-order valence-corrected chi connectivity index (χ2v) is 4.16. The van der Waals surface area contributed by atoms with Gasteiger partial charge < -0.3 is 5.32 Å². The second-order valence-electron chi connectivity index (χ2n) is 4.16. The normalized spacial score (nSPS) is 10.5. The summed E-state index contributed by atoms with van der Waals surface area (Å²) in [5.41, 5.74) is 2.23. The maximum atomic E-state index is 12.1. The lowest BCUT2D eigenvalue weighted by Crippen LogP contribution is -2.23. The van der Waals surface area contributed by atoms with Gasteiger partial charge in [-0.2, -0.15) is 5.10 Å². The average molecular weight is 252 g/mol. The summed E-state index contributed by atoms with van der Waals surface area (Å²) in [7, 11) is 0. The van der Waals surface area contributed by atoms with Crippen molar-refractivity contribution in [1.29, 1.82) is 0 Å². The Morgan fingerprint density at radius 1 is 1.21 bits per heavy atom. The molecule has 5 nitrogen and oxygen atoms in total. The zero-order chi connectivity index (χ0) is 13.1. The Morgan fingerprint density at radius 3 is 2.89 bits per heavy atom. The van der Waals surface area contributed by atoms with E-state index in [9.17, 15) is 4.79 Å². The van der Waals surface area contributed by atoms with Gasteiger partial charge in [0.05, 0.1) is 10.9 Å². The number of nitrogens with zero attached hydrogens (tertiary/aromatic N) is 2. The summed E-state index contributed by atoms with van der Waals surface area (Å²) in [6, 6.07) is 11.5. The number of aromatic nitrogens is 3. The highest BCUT2D eigenvalue weighted by molar-refractivity contribution is 6.04. The van der Waals surface area contributed by atoms with Gasteiger partial charge in [0.25, 0.3) is 5.91 Å². The summed E-state index contributed by atoms with van der Waals surface area (Å²) in [5, 5.41) is 10.4. The van der Waals surface area contributed by atoms with E-state index in [-0.39, 0.29) is 5.91 Å². The molecule has 0 radical (unpaired) electrons. The van der Waals surface area contributed by atoms with Crippen LogP contribution in [-0.4, -0.2) is 21.1 Å². The molecule has 0 aliphatic heterocycles. The van der Waals surface area contributed by atoms with Crippen molar-refractivity contribution in [3.63, 3.8) is 0 Å². The third-order valence-electron chi connectivity index (χ3n) is 2.88. The van der Waals surface area contributed by atoms with Crippen LogP contribution in [0.3, 0.4) is 0 Å². The highest BCUT2D eigenvalue weighted by Crippen LogP contribution is 2.13. The summed E-state index contributed by atoms with van der Waals surface area (Å²) >= 11 is 0. The lowest BCUT2D eigenvalue weighted by atomic mass is 10.2. The lowest BCUT2D eigenvalue weighted by molar-refractivity contribution is 0.0947. The Balaban J connectivity index is 1.77. The van der Waals surface area contributed by atoms with E-state index < -0.39 is 0 Å². The molecule has 19 heavy (non-hydrogen) atoms. The highest BCUT2D eigenvalue weighted by atomic mass is 16.1. The van der Waals surface area contributed by atoms with Crippen molar-refractivity contribution in [2.75, 3.05) is 0 Å². The molecule has 0 aliphatic rings. The Hall–Kier alpha value is -2.69. The fourth-order valence-corrected chi connectivity index (χ4v) is 1.89. The number of carbonyl (C=O) groups excluding carboxylic acids is 1. The highest BCUT2D eigenvalue weighted by Gasteiger charge is 2.13. The third kappa shape index (κ3) is 2.30. The number of H-pyrrole nitrogens is 1. The van der Waals surface area contributed by atoms with Gasteiger partial charge in [-0.05, 0) is 11.6 Å². The largest absolute Gasteiger partial charge is 0.347 e. The summed E-state index contributed by atoms with van der Waals surface area (Å²) < 4.78 is 0. The van der Waals surface area contributed by atoms with E-state index in [0.29, 0.717) is 12.2 Å². The maximum Gasteiger partial charge on any atom is 0.272 e. The molecule has 3 aromatic rings. The number of carbonyl (C=O) groups is 1. The SMILES string of the molecule is O=C(NCc1ccccc1)c1n[nH]c2ccncc12. The Bertz CT molecular complexity index is 706. The Kier molecular flexibility index (Phi) is 2.94. The molecule has 1 amide bonds. The fourth-order valence-electron chi connectivity index (χ4n) is 1.89. The van der Waals surface area contributed by atoms with Crippen LogP contribution in [0.5, 0.6) is 0 Å². The molecule has 0 aliphatic carbocycles. The zero-order valence-corrected chi connectivity index (χ0v) is 10.1. The maximum absolute atomic E-state index is 12.1. The molecule has 2 N–H and O–H groups in total. The monoisotopic (exact) mass is 252 g/mol. The van der Waals surface area contributed by atoms with E-state index in [4.69, 9.17) is 0 Å². The fraction of sp³-hybridized carbons (Fsp3) is 0.0714. The standard InChI is InChI=1S/C14H12N4O/c19-14(16-8-10-4-2-1-3-5-10)13-11-9-15-7-6-12(11)17-18-13/h1-7,9H,8H2,(H,16,19)(H,17,18). The van der Waals surface area contributed by atoms with Gasteiger partial charge in [-0.1, -0.05) is 30.3 Å². The van der Waals surface area contributed by atoms with Crippen LogP contribution >= 0.6 is 0 Å². The van der Waals surface area contributed by atoms with Crippen LogP contribution in [0.4, 0.5) is 0 Å². The molecule has 0 atom stereocenters. The Labute approximate surface area is 109 Å². The van der Waals surface area contributed by atoms with Gasteiger partial charge >= 0.3 is 0 Å². The number of nitrogens with one attached hydrogen (secondary N) is 2. The number of aromatic amines is 1. The molecule has 0 unspecified atom stereocenters. The Morgan fingerprint density at radius 2 is 2.05 bits per heavy atom. The molecule has 5 heteroatoms. The minimum absolute atomic E-state index is 0.205. The smallest absolute Gasteiger partial charge is 0.272 e. The molecule has 0 fully saturated rings. The van der Waals surface area contributed by atoms with Crippen molar-refractivity contribution in [2.45, 2.75) is 6.54 Å². The number of hydrogen-bond acceptors (Lipinski definition) is 3. The van der Waals surface area contributed by atoms with Gasteiger partial charge in [0.15, 0.2) is 5.69 Å². The van der Waals surface area contributed by atoms with E-state index in [2.05, 4.69) is 20.5 Å². The molecule has 0 saturated carbocycles. The van der Waals surface area contributed by atoms with Crippen LogP contribution in [0.2, 0.25) is 0 Å². The van der Waals surface area contributed by atoms with E-state index in [1.807, 2.05) is 30.3 Å². The van der Waals surface area contributed by atoms with Crippen LogP contribution in [0.1, 0.15) is 16.1 Å². The molecule has 2 heterocycles. The van der Waals surface area contributed by atoms with Gasteiger partial charge in [-0.25, -0.2) is 0 Å². The van der Waals surface area contributed by atoms with Crippen molar-refractivity contribution in [1.82, 2.24) is 20.5 Å². The molecule has 3 rings (SSSR count). The predicted molar refractivity (Wildman–Crippen MR) is 71.5 cm³/mol. The lowest BCUT2D eigenvalue weighted by Gasteiger charge is -2.03.